The fourth-order valence-corrected chi connectivity index (χ4v) is 1.43. The van der Waals surface area contributed by atoms with Gasteiger partial charge in [-0.25, -0.2) is 13.8 Å². The Morgan fingerprint density at radius 3 is 2.57 bits per heavy atom. The van der Waals surface area contributed by atoms with E-state index in [2.05, 4.69) is 4.98 Å². The minimum atomic E-state index is -0.888. The van der Waals surface area contributed by atoms with Crippen LogP contribution >= 0.6 is 22.6 Å². The first-order chi connectivity index (χ1) is 6.66. The highest BCUT2D eigenvalue weighted by atomic mass is 127. The number of benzene rings is 1. The normalized spacial score (nSPS) is 10.5. The van der Waals surface area contributed by atoms with Gasteiger partial charge in [0.1, 0.15) is 12.0 Å². The predicted molar refractivity (Wildman–Crippen MR) is 54.6 cm³/mol. The zero-order chi connectivity index (χ0) is 10.1. The van der Waals surface area contributed by atoms with Gasteiger partial charge in [-0.2, -0.15) is 0 Å². The van der Waals surface area contributed by atoms with E-state index in [0.29, 0.717) is 15.2 Å². The minimum absolute atomic E-state index is 0.460. The number of halogens is 3. The first-order valence-electron chi connectivity index (χ1n) is 3.73. The van der Waals surface area contributed by atoms with E-state index in [1.54, 1.807) is 0 Å². The van der Waals surface area contributed by atoms with Gasteiger partial charge < -0.3 is 4.42 Å². The molecule has 0 radical (unpaired) electrons. The Morgan fingerprint density at radius 2 is 2.00 bits per heavy atom. The molecule has 14 heavy (non-hydrogen) atoms. The molecule has 0 bridgehead atoms. The van der Waals surface area contributed by atoms with Crippen LogP contribution in [0.1, 0.15) is 0 Å². The molecule has 0 unspecified atom stereocenters. The molecule has 2 nitrogen and oxygen atoms in total. The second-order valence-electron chi connectivity index (χ2n) is 2.61. The van der Waals surface area contributed by atoms with Crippen LogP contribution in [0.4, 0.5) is 8.78 Å². The van der Waals surface area contributed by atoms with Crippen molar-refractivity contribution in [2.45, 2.75) is 0 Å². The molecule has 72 valence electrons. The van der Waals surface area contributed by atoms with Gasteiger partial charge in [0.05, 0.1) is 0 Å². The van der Waals surface area contributed by atoms with Crippen molar-refractivity contribution >= 4 is 22.6 Å². The summed E-state index contributed by atoms with van der Waals surface area (Å²) in [5.74, 6) is -1.76. The Kier molecular flexibility index (Phi) is 2.49. The van der Waals surface area contributed by atoms with E-state index in [-0.39, 0.29) is 0 Å². The average molecular weight is 307 g/mol. The quantitative estimate of drug-likeness (QED) is 0.756. The summed E-state index contributed by atoms with van der Waals surface area (Å²) in [4.78, 5) is 3.98. The van der Waals surface area contributed by atoms with Gasteiger partial charge in [0.2, 0.25) is 0 Å². The number of aromatic nitrogens is 1. The molecular weight excluding hydrogens is 303 g/mol. The van der Waals surface area contributed by atoms with Gasteiger partial charge in [0.25, 0.3) is 3.90 Å². The molecule has 5 heteroatoms. The second kappa shape index (κ2) is 3.64. The van der Waals surface area contributed by atoms with Crippen LogP contribution in [0.2, 0.25) is 0 Å². The summed E-state index contributed by atoms with van der Waals surface area (Å²) in [7, 11) is 0. The number of rotatable bonds is 1. The van der Waals surface area contributed by atoms with Crippen LogP contribution in [0.15, 0.2) is 28.9 Å². The van der Waals surface area contributed by atoms with Gasteiger partial charge in [-0.1, -0.05) is 0 Å². The Hall–Kier alpha value is -0.980. The zero-order valence-corrected chi connectivity index (χ0v) is 8.96. The molecule has 0 spiro atoms. The lowest BCUT2D eigenvalue weighted by Crippen LogP contribution is -1.85. The fourth-order valence-electron chi connectivity index (χ4n) is 1.04. The van der Waals surface area contributed by atoms with Crippen LogP contribution in [-0.4, -0.2) is 4.98 Å². The van der Waals surface area contributed by atoms with Crippen molar-refractivity contribution in [2.75, 3.05) is 0 Å². The average Bonchev–Trinajstić information content (AvgIpc) is 2.57. The Bertz CT molecular complexity index is 470. The molecule has 0 aliphatic rings. The third kappa shape index (κ3) is 1.77. The molecule has 1 heterocycles. The third-order valence-corrected chi connectivity index (χ3v) is 2.19. The lowest BCUT2D eigenvalue weighted by molar-refractivity contribution is 0.509. The number of oxazole rings is 1. The molecule has 2 rings (SSSR count). The maximum Gasteiger partial charge on any atom is 0.257 e. The molecule has 0 atom stereocenters. The predicted octanol–water partition coefficient (Wildman–Crippen LogP) is 3.22. The van der Waals surface area contributed by atoms with E-state index in [4.69, 9.17) is 4.42 Å². The first-order valence-corrected chi connectivity index (χ1v) is 4.81. The van der Waals surface area contributed by atoms with Crippen LogP contribution in [0, 0.1) is 15.5 Å². The first kappa shape index (κ1) is 9.57. The van der Waals surface area contributed by atoms with Gasteiger partial charge in [-0.05, 0) is 18.2 Å². The number of hydrogen-bond acceptors (Lipinski definition) is 2. The summed E-state index contributed by atoms with van der Waals surface area (Å²) in [6.07, 6.45) is 1.40. The maximum atomic E-state index is 12.8. The van der Waals surface area contributed by atoms with Gasteiger partial charge in [-0.3, -0.25) is 0 Å². The summed E-state index contributed by atoms with van der Waals surface area (Å²) < 4.78 is 30.8. The molecule has 0 amide bonds. The molecule has 1 aromatic heterocycles. The van der Waals surface area contributed by atoms with Gasteiger partial charge in [0, 0.05) is 28.2 Å². The van der Waals surface area contributed by atoms with Crippen LogP contribution < -0.4 is 0 Å². The topological polar surface area (TPSA) is 26.0 Å². The van der Waals surface area contributed by atoms with E-state index in [9.17, 15) is 8.78 Å². The Labute approximate surface area is 92.1 Å². The van der Waals surface area contributed by atoms with Crippen LogP contribution in [0.3, 0.4) is 0 Å². The summed E-state index contributed by atoms with van der Waals surface area (Å²) >= 11 is 1.90. The standard InChI is InChI=1S/C9H4F2INO/c10-6-2-1-5(3-7(6)11)8-4-14-9(12)13-8/h1-4H. The largest absolute Gasteiger partial charge is 0.440 e. The van der Waals surface area contributed by atoms with E-state index in [1.165, 1.54) is 12.3 Å². The van der Waals surface area contributed by atoms with E-state index in [0.717, 1.165) is 12.1 Å². The molecular formula is C9H4F2INO. The van der Waals surface area contributed by atoms with Crippen molar-refractivity contribution in [3.05, 3.63) is 40.0 Å². The fraction of sp³-hybridized carbons (Fsp3) is 0. The molecule has 2 aromatic rings. The van der Waals surface area contributed by atoms with Crippen LogP contribution in [0.5, 0.6) is 0 Å². The van der Waals surface area contributed by atoms with E-state index < -0.39 is 11.6 Å². The van der Waals surface area contributed by atoms with Crippen LogP contribution in [-0.2, 0) is 0 Å². The molecule has 0 N–H and O–H groups in total. The molecule has 0 aliphatic carbocycles. The molecule has 0 saturated heterocycles. The van der Waals surface area contributed by atoms with Gasteiger partial charge in [-0.15, -0.1) is 0 Å². The van der Waals surface area contributed by atoms with Crippen LogP contribution in [0.25, 0.3) is 11.3 Å². The molecule has 0 fully saturated rings. The van der Waals surface area contributed by atoms with Crippen molar-refractivity contribution in [1.82, 2.24) is 4.98 Å². The van der Waals surface area contributed by atoms with Gasteiger partial charge >= 0.3 is 0 Å². The lowest BCUT2D eigenvalue weighted by Gasteiger charge is -1.96. The van der Waals surface area contributed by atoms with Gasteiger partial charge in [0.15, 0.2) is 11.6 Å². The molecule has 0 saturated carbocycles. The van der Waals surface area contributed by atoms with E-state index in [1.807, 2.05) is 22.6 Å². The number of hydrogen-bond donors (Lipinski definition) is 0. The molecule has 1 aromatic carbocycles. The number of nitrogens with zero attached hydrogens (tertiary/aromatic N) is 1. The Morgan fingerprint density at radius 1 is 1.21 bits per heavy atom. The van der Waals surface area contributed by atoms with Crippen molar-refractivity contribution in [2.24, 2.45) is 0 Å². The second-order valence-corrected chi connectivity index (χ2v) is 3.54. The maximum absolute atomic E-state index is 12.8. The zero-order valence-electron chi connectivity index (χ0n) is 6.80. The molecule has 0 aliphatic heterocycles. The summed E-state index contributed by atoms with van der Waals surface area (Å²) in [5, 5.41) is 0. The highest BCUT2D eigenvalue weighted by Gasteiger charge is 2.07. The van der Waals surface area contributed by atoms with E-state index >= 15 is 0 Å². The summed E-state index contributed by atoms with van der Waals surface area (Å²) in [6.45, 7) is 0. The lowest BCUT2D eigenvalue weighted by atomic mass is 10.2. The highest BCUT2D eigenvalue weighted by molar-refractivity contribution is 14.1. The minimum Gasteiger partial charge on any atom is -0.440 e. The summed E-state index contributed by atoms with van der Waals surface area (Å²) in [6, 6.07) is 3.60. The monoisotopic (exact) mass is 307 g/mol. The smallest absolute Gasteiger partial charge is 0.257 e. The third-order valence-electron chi connectivity index (χ3n) is 1.69. The van der Waals surface area contributed by atoms with Crippen molar-refractivity contribution < 1.29 is 13.2 Å². The van der Waals surface area contributed by atoms with Crippen molar-refractivity contribution in [1.29, 1.82) is 0 Å². The Balaban J connectivity index is 2.47. The highest BCUT2D eigenvalue weighted by Crippen LogP contribution is 2.21. The van der Waals surface area contributed by atoms with Crippen molar-refractivity contribution in [3.8, 4) is 11.3 Å². The SMILES string of the molecule is Fc1ccc(-c2coc(I)n2)cc1F. The summed E-state index contributed by atoms with van der Waals surface area (Å²) in [5.41, 5.74) is 0.990. The van der Waals surface area contributed by atoms with Crippen molar-refractivity contribution in [3.63, 3.8) is 0 Å².